The number of aromatic nitrogens is 1. The fraction of sp³-hybridized carbons (Fsp3) is 0.545. The van der Waals surface area contributed by atoms with Gasteiger partial charge in [0.25, 0.3) is 0 Å². The van der Waals surface area contributed by atoms with Crippen LogP contribution in [0.25, 0.3) is 0 Å². The summed E-state index contributed by atoms with van der Waals surface area (Å²) in [4.78, 5) is 4.08. The van der Waals surface area contributed by atoms with E-state index < -0.39 is 0 Å². The number of hydrogen-bond acceptors (Lipinski definition) is 2. The molecule has 1 unspecified atom stereocenters. The maximum Gasteiger partial charge on any atom is 0.0639 e. The number of nitrogens with one attached hydrogen (secondary N) is 1. The minimum atomic E-state index is 0.430. The Morgan fingerprint density at radius 3 is 2.93 bits per heavy atom. The van der Waals surface area contributed by atoms with Crippen LogP contribution in [0.15, 0.2) is 12.4 Å². The SMILES string of the molecule is Cc1cncc(Cl)c1C1CCCCN1. The molecular weight excluding hydrogens is 196 g/mol. The van der Waals surface area contributed by atoms with Gasteiger partial charge in [-0.05, 0) is 37.4 Å². The molecule has 0 spiro atoms. The maximum atomic E-state index is 6.16. The Labute approximate surface area is 89.7 Å². The van der Waals surface area contributed by atoms with E-state index in [0.29, 0.717) is 6.04 Å². The van der Waals surface area contributed by atoms with Gasteiger partial charge in [0.05, 0.1) is 5.02 Å². The summed E-state index contributed by atoms with van der Waals surface area (Å²) in [6, 6.07) is 0.430. The normalized spacial score (nSPS) is 22.3. The highest BCUT2D eigenvalue weighted by Crippen LogP contribution is 2.30. The Bertz CT molecular complexity index is 299. The average molecular weight is 211 g/mol. The number of nitrogens with zero attached hydrogens (tertiary/aromatic N) is 1. The Balaban J connectivity index is 2.29. The number of hydrogen-bond donors (Lipinski definition) is 1. The fourth-order valence-electron chi connectivity index (χ4n) is 2.08. The zero-order chi connectivity index (χ0) is 9.97. The van der Waals surface area contributed by atoms with Gasteiger partial charge in [-0.1, -0.05) is 18.0 Å². The molecule has 1 atom stereocenters. The standard InChI is InChI=1S/C11H15ClN2/c1-8-6-13-7-9(12)11(8)10-4-2-3-5-14-10/h6-7,10,14H,2-5H2,1H3. The van der Waals surface area contributed by atoms with E-state index in [1.54, 1.807) is 6.20 Å². The van der Waals surface area contributed by atoms with Crippen LogP contribution in [0.2, 0.25) is 5.02 Å². The molecule has 0 bridgehead atoms. The van der Waals surface area contributed by atoms with Crippen LogP contribution in [0.3, 0.4) is 0 Å². The van der Waals surface area contributed by atoms with Gasteiger partial charge in [-0.15, -0.1) is 0 Å². The number of pyridine rings is 1. The third kappa shape index (κ3) is 1.91. The molecule has 1 aliphatic heterocycles. The van der Waals surface area contributed by atoms with Crippen LogP contribution in [-0.2, 0) is 0 Å². The van der Waals surface area contributed by atoms with Crippen molar-refractivity contribution in [2.75, 3.05) is 6.54 Å². The Hall–Kier alpha value is -0.600. The second kappa shape index (κ2) is 4.28. The summed E-state index contributed by atoms with van der Waals surface area (Å²) in [7, 11) is 0. The lowest BCUT2D eigenvalue weighted by atomic mass is 9.95. The first-order valence-corrected chi connectivity index (χ1v) is 5.50. The molecule has 2 heterocycles. The lowest BCUT2D eigenvalue weighted by molar-refractivity contribution is 0.411. The minimum absolute atomic E-state index is 0.430. The van der Waals surface area contributed by atoms with Crippen molar-refractivity contribution < 1.29 is 0 Å². The number of halogens is 1. The van der Waals surface area contributed by atoms with E-state index in [1.807, 2.05) is 6.20 Å². The smallest absolute Gasteiger partial charge is 0.0639 e. The van der Waals surface area contributed by atoms with Crippen LogP contribution in [0.1, 0.15) is 36.4 Å². The second-order valence-electron chi connectivity index (χ2n) is 3.85. The molecule has 0 radical (unpaired) electrons. The first-order valence-electron chi connectivity index (χ1n) is 5.12. The Morgan fingerprint density at radius 2 is 2.29 bits per heavy atom. The third-order valence-electron chi connectivity index (χ3n) is 2.80. The van der Waals surface area contributed by atoms with Gasteiger partial charge >= 0.3 is 0 Å². The topological polar surface area (TPSA) is 24.9 Å². The Morgan fingerprint density at radius 1 is 1.43 bits per heavy atom. The summed E-state index contributed by atoms with van der Waals surface area (Å²) in [5.74, 6) is 0. The highest BCUT2D eigenvalue weighted by Gasteiger charge is 2.18. The van der Waals surface area contributed by atoms with Crippen LogP contribution in [0.4, 0.5) is 0 Å². The monoisotopic (exact) mass is 210 g/mol. The van der Waals surface area contributed by atoms with E-state index in [9.17, 15) is 0 Å². The molecule has 1 aliphatic rings. The first kappa shape index (κ1) is 9.94. The Kier molecular flexibility index (Phi) is 3.04. The highest BCUT2D eigenvalue weighted by molar-refractivity contribution is 6.31. The molecule has 0 saturated carbocycles. The lowest BCUT2D eigenvalue weighted by Crippen LogP contribution is -2.27. The molecule has 1 aromatic heterocycles. The molecule has 14 heavy (non-hydrogen) atoms. The number of piperidine rings is 1. The van der Waals surface area contributed by atoms with Crippen molar-refractivity contribution in [1.29, 1.82) is 0 Å². The van der Waals surface area contributed by atoms with Gasteiger partial charge in [-0.2, -0.15) is 0 Å². The van der Waals surface area contributed by atoms with E-state index in [4.69, 9.17) is 11.6 Å². The quantitative estimate of drug-likeness (QED) is 0.771. The molecule has 2 rings (SSSR count). The molecule has 3 heteroatoms. The van der Waals surface area contributed by atoms with Crippen LogP contribution in [-0.4, -0.2) is 11.5 Å². The summed E-state index contributed by atoms with van der Waals surface area (Å²) >= 11 is 6.16. The van der Waals surface area contributed by atoms with Crippen molar-refractivity contribution in [2.24, 2.45) is 0 Å². The summed E-state index contributed by atoms with van der Waals surface area (Å²) in [6.45, 7) is 3.17. The molecule has 1 aromatic rings. The van der Waals surface area contributed by atoms with Crippen molar-refractivity contribution in [2.45, 2.75) is 32.2 Å². The van der Waals surface area contributed by atoms with E-state index in [1.165, 1.54) is 30.4 Å². The molecular formula is C11H15ClN2. The van der Waals surface area contributed by atoms with Gasteiger partial charge in [0.1, 0.15) is 0 Å². The largest absolute Gasteiger partial charge is 0.310 e. The summed E-state index contributed by atoms with van der Waals surface area (Å²) in [6.07, 6.45) is 7.37. The first-order chi connectivity index (χ1) is 6.79. The molecule has 2 nitrogen and oxygen atoms in total. The summed E-state index contributed by atoms with van der Waals surface area (Å²) < 4.78 is 0. The number of aryl methyl sites for hydroxylation is 1. The average Bonchev–Trinajstić information content (AvgIpc) is 2.19. The zero-order valence-corrected chi connectivity index (χ0v) is 9.14. The van der Waals surface area contributed by atoms with Gasteiger partial charge in [0.15, 0.2) is 0 Å². The predicted octanol–water partition coefficient (Wildman–Crippen LogP) is 2.86. The molecule has 0 aliphatic carbocycles. The van der Waals surface area contributed by atoms with Gasteiger partial charge in [-0.25, -0.2) is 0 Å². The summed E-state index contributed by atoms with van der Waals surface area (Å²) in [5, 5.41) is 4.30. The third-order valence-corrected chi connectivity index (χ3v) is 3.10. The second-order valence-corrected chi connectivity index (χ2v) is 4.26. The molecule has 0 amide bonds. The lowest BCUT2D eigenvalue weighted by Gasteiger charge is -2.25. The van der Waals surface area contributed by atoms with E-state index in [-0.39, 0.29) is 0 Å². The van der Waals surface area contributed by atoms with Gasteiger partial charge < -0.3 is 5.32 Å². The van der Waals surface area contributed by atoms with Gasteiger partial charge in [0, 0.05) is 18.4 Å². The minimum Gasteiger partial charge on any atom is -0.310 e. The van der Waals surface area contributed by atoms with Crippen molar-refractivity contribution in [3.05, 3.63) is 28.5 Å². The van der Waals surface area contributed by atoms with E-state index in [2.05, 4.69) is 17.2 Å². The van der Waals surface area contributed by atoms with E-state index >= 15 is 0 Å². The molecule has 76 valence electrons. The van der Waals surface area contributed by atoms with Crippen LogP contribution < -0.4 is 5.32 Å². The number of rotatable bonds is 1. The van der Waals surface area contributed by atoms with Crippen molar-refractivity contribution >= 4 is 11.6 Å². The molecule has 1 saturated heterocycles. The van der Waals surface area contributed by atoms with Crippen LogP contribution in [0.5, 0.6) is 0 Å². The zero-order valence-electron chi connectivity index (χ0n) is 8.39. The van der Waals surface area contributed by atoms with Gasteiger partial charge in [-0.3, -0.25) is 4.98 Å². The van der Waals surface area contributed by atoms with Crippen molar-refractivity contribution in [3.63, 3.8) is 0 Å². The van der Waals surface area contributed by atoms with Gasteiger partial charge in [0.2, 0.25) is 0 Å². The molecule has 1 fully saturated rings. The summed E-state index contributed by atoms with van der Waals surface area (Å²) in [5.41, 5.74) is 2.43. The van der Waals surface area contributed by atoms with Crippen molar-refractivity contribution in [1.82, 2.24) is 10.3 Å². The van der Waals surface area contributed by atoms with E-state index in [0.717, 1.165) is 11.6 Å². The highest BCUT2D eigenvalue weighted by atomic mass is 35.5. The van der Waals surface area contributed by atoms with Crippen molar-refractivity contribution in [3.8, 4) is 0 Å². The van der Waals surface area contributed by atoms with Crippen LogP contribution in [0, 0.1) is 6.92 Å². The maximum absolute atomic E-state index is 6.16. The fourth-order valence-corrected chi connectivity index (χ4v) is 2.42. The molecule has 0 aromatic carbocycles. The van der Waals surface area contributed by atoms with Crippen LogP contribution >= 0.6 is 11.6 Å². The predicted molar refractivity (Wildman–Crippen MR) is 58.6 cm³/mol. The molecule has 1 N–H and O–H groups in total.